The number of likely N-dealkylation sites (N-methyl/N-ethyl adjacent to an activating group) is 1. The van der Waals surface area contributed by atoms with E-state index in [0.29, 0.717) is 24.7 Å². The van der Waals surface area contributed by atoms with Crippen LogP contribution in [0.15, 0.2) is 10.7 Å². The molecule has 7 heteroatoms. The van der Waals surface area contributed by atoms with Crippen molar-refractivity contribution >= 4 is 5.91 Å². The maximum absolute atomic E-state index is 12.6. The molecule has 0 unspecified atom stereocenters. The van der Waals surface area contributed by atoms with Gasteiger partial charge < -0.3 is 9.42 Å². The Morgan fingerprint density at radius 3 is 3.00 bits per heavy atom. The van der Waals surface area contributed by atoms with E-state index in [1.54, 1.807) is 18.1 Å². The quantitative estimate of drug-likeness (QED) is 0.843. The number of amides is 1. The number of nitrogens with zero attached hydrogens (tertiary/aromatic N) is 5. The minimum atomic E-state index is 0.0146. The van der Waals surface area contributed by atoms with Gasteiger partial charge in [0.05, 0.1) is 17.5 Å². The van der Waals surface area contributed by atoms with Crippen molar-refractivity contribution in [3.8, 4) is 0 Å². The molecular weight excluding hydrogens is 294 g/mol. The van der Waals surface area contributed by atoms with E-state index in [4.69, 9.17) is 4.52 Å². The highest BCUT2D eigenvalue weighted by Crippen LogP contribution is 2.19. The summed E-state index contributed by atoms with van der Waals surface area (Å²) in [6.45, 7) is 5.49. The molecule has 0 aliphatic carbocycles. The monoisotopic (exact) mass is 317 g/mol. The Morgan fingerprint density at radius 1 is 1.43 bits per heavy atom. The van der Waals surface area contributed by atoms with Crippen molar-refractivity contribution in [2.24, 2.45) is 0 Å². The molecule has 1 aliphatic rings. The summed E-state index contributed by atoms with van der Waals surface area (Å²) in [7, 11) is 1.80. The van der Waals surface area contributed by atoms with Crippen molar-refractivity contribution < 1.29 is 9.32 Å². The van der Waals surface area contributed by atoms with E-state index in [2.05, 4.69) is 15.2 Å². The normalized spacial score (nSPS) is 14.1. The van der Waals surface area contributed by atoms with Crippen LogP contribution < -0.4 is 0 Å². The smallest absolute Gasteiger partial charge is 0.257 e. The van der Waals surface area contributed by atoms with E-state index in [9.17, 15) is 4.79 Å². The van der Waals surface area contributed by atoms with Gasteiger partial charge in [0.25, 0.3) is 5.91 Å². The summed E-state index contributed by atoms with van der Waals surface area (Å²) in [5.41, 5.74) is 1.79. The van der Waals surface area contributed by atoms with Gasteiger partial charge in [0.2, 0.25) is 5.89 Å². The summed E-state index contributed by atoms with van der Waals surface area (Å²) in [6.07, 6.45) is 5.47. The van der Waals surface area contributed by atoms with Gasteiger partial charge in [-0.15, -0.1) is 0 Å². The number of aromatic nitrogens is 4. The summed E-state index contributed by atoms with van der Waals surface area (Å²) in [5, 5.41) is 8.29. The minimum Gasteiger partial charge on any atom is -0.341 e. The summed E-state index contributed by atoms with van der Waals surface area (Å²) in [5.74, 6) is 1.51. The molecule has 2 aromatic rings. The second-order valence-electron chi connectivity index (χ2n) is 6.37. The Labute approximate surface area is 135 Å². The molecule has 0 aromatic carbocycles. The zero-order chi connectivity index (χ0) is 16.4. The van der Waals surface area contributed by atoms with Crippen LogP contribution >= 0.6 is 0 Å². The van der Waals surface area contributed by atoms with Crippen LogP contribution in [0.2, 0.25) is 0 Å². The van der Waals surface area contributed by atoms with Crippen LogP contribution in [0.3, 0.4) is 0 Å². The number of fused-ring (bicyclic) bond motifs is 1. The number of hydrogen-bond donors (Lipinski definition) is 0. The first-order valence-electron chi connectivity index (χ1n) is 8.19. The molecule has 124 valence electrons. The molecule has 3 heterocycles. The Hall–Kier alpha value is -2.18. The summed E-state index contributed by atoms with van der Waals surface area (Å²) in [6, 6.07) is 0. The van der Waals surface area contributed by atoms with Crippen LogP contribution in [-0.4, -0.2) is 44.3 Å². The predicted molar refractivity (Wildman–Crippen MR) is 84.2 cm³/mol. The fourth-order valence-corrected chi connectivity index (χ4v) is 2.78. The first-order chi connectivity index (χ1) is 11.1. The molecule has 0 fully saturated rings. The van der Waals surface area contributed by atoms with Crippen molar-refractivity contribution in [1.29, 1.82) is 0 Å². The average Bonchev–Trinajstić information content (AvgIpc) is 3.18. The van der Waals surface area contributed by atoms with Crippen molar-refractivity contribution in [1.82, 2.24) is 24.8 Å². The van der Waals surface area contributed by atoms with Crippen LogP contribution in [0, 0.1) is 0 Å². The molecule has 0 bridgehead atoms. The Bertz CT molecular complexity index is 688. The van der Waals surface area contributed by atoms with E-state index < -0.39 is 0 Å². The zero-order valence-electron chi connectivity index (χ0n) is 13.9. The maximum Gasteiger partial charge on any atom is 0.257 e. The molecule has 2 aromatic heterocycles. The van der Waals surface area contributed by atoms with Gasteiger partial charge in [0.1, 0.15) is 0 Å². The van der Waals surface area contributed by atoms with Gasteiger partial charge in [-0.3, -0.25) is 9.48 Å². The molecule has 3 rings (SSSR count). The Balaban J connectivity index is 1.62. The standard InChI is InChI=1S/C16H23N5O2/c1-11(2)15-18-14(19-23-15)7-9-20(3)16(22)12-10-17-21-8-5-4-6-13(12)21/h10-11H,4-9H2,1-3H3. The molecule has 0 radical (unpaired) electrons. The molecule has 1 amide bonds. The second-order valence-corrected chi connectivity index (χ2v) is 6.37. The largest absolute Gasteiger partial charge is 0.341 e. The van der Waals surface area contributed by atoms with Crippen LogP contribution in [-0.2, 0) is 19.4 Å². The maximum atomic E-state index is 12.6. The molecule has 7 nitrogen and oxygen atoms in total. The lowest BCUT2D eigenvalue weighted by molar-refractivity contribution is 0.0794. The third-order valence-electron chi connectivity index (χ3n) is 4.21. The van der Waals surface area contributed by atoms with Gasteiger partial charge in [-0.25, -0.2) is 0 Å². The fraction of sp³-hybridized carbons (Fsp3) is 0.625. The highest BCUT2D eigenvalue weighted by molar-refractivity contribution is 5.95. The van der Waals surface area contributed by atoms with Gasteiger partial charge in [-0.1, -0.05) is 19.0 Å². The van der Waals surface area contributed by atoms with E-state index in [1.165, 1.54) is 0 Å². The van der Waals surface area contributed by atoms with Crippen molar-refractivity contribution in [3.05, 3.63) is 29.2 Å². The van der Waals surface area contributed by atoms with E-state index in [1.807, 2.05) is 18.5 Å². The Morgan fingerprint density at radius 2 is 2.26 bits per heavy atom. The molecule has 0 spiro atoms. The van der Waals surface area contributed by atoms with E-state index >= 15 is 0 Å². The van der Waals surface area contributed by atoms with Crippen LogP contribution in [0.4, 0.5) is 0 Å². The first kappa shape index (κ1) is 15.7. The SMILES string of the molecule is CC(C)c1nc(CCN(C)C(=O)c2cnn3c2CCCC3)no1. The van der Waals surface area contributed by atoms with Gasteiger partial charge in [0.15, 0.2) is 5.82 Å². The van der Waals surface area contributed by atoms with E-state index in [-0.39, 0.29) is 11.8 Å². The lowest BCUT2D eigenvalue weighted by Crippen LogP contribution is -2.30. The number of aryl methyl sites for hydroxylation is 1. The third-order valence-corrected chi connectivity index (χ3v) is 4.21. The van der Waals surface area contributed by atoms with Crippen LogP contribution in [0.25, 0.3) is 0 Å². The van der Waals surface area contributed by atoms with Crippen molar-refractivity contribution in [2.75, 3.05) is 13.6 Å². The van der Waals surface area contributed by atoms with Crippen molar-refractivity contribution in [3.63, 3.8) is 0 Å². The second kappa shape index (κ2) is 6.52. The lowest BCUT2D eigenvalue weighted by atomic mass is 10.1. The molecule has 0 saturated heterocycles. The van der Waals surface area contributed by atoms with Crippen molar-refractivity contribution in [2.45, 2.75) is 52.0 Å². The molecule has 0 N–H and O–H groups in total. The molecule has 0 saturated carbocycles. The minimum absolute atomic E-state index is 0.0146. The topological polar surface area (TPSA) is 77.1 Å². The molecule has 1 aliphatic heterocycles. The van der Waals surface area contributed by atoms with Crippen LogP contribution in [0.5, 0.6) is 0 Å². The fourth-order valence-electron chi connectivity index (χ4n) is 2.78. The summed E-state index contributed by atoms with van der Waals surface area (Å²) in [4.78, 5) is 18.7. The number of carbonyl (C=O) groups excluding carboxylic acids is 1. The molecular formula is C16H23N5O2. The lowest BCUT2D eigenvalue weighted by Gasteiger charge is -2.18. The number of hydrogen-bond acceptors (Lipinski definition) is 5. The third kappa shape index (κ3) is 3.28. The van der Waals surface area contributed by atoms with Gasteiger partial charge in [-0.05, 0) is 19.3 Å². The zero-order valence-corrected chi connectivity index (χ0v) is 13.9. The van der Waals surface area contributed by atoms with Gasteiger partial charge in [0, 0.05) is 32.5 Å². The average molecular weight is 317 g/mol. The molecule has 0 atom stereocenters. The summed E-state index contributed by atoms with van der Waals surface area (Å²) >= 11 is 0. The van der Waals surface area contributed by atoms with Gasteiger partial charge in [-0.2, -0.15) is 10.1 Å². The summed E-state index contributed by atoms with van der Waals surface area (Å²) < 4.78 is 7.14. The Kier molecular flexibility index (Phi) is 4.45. The first-order valence-corrected chi connectivity index (χ1v) is 8.19. The van der Waals surface area contributed by atoms with E-state index in [0.717, 1.165) is 37.1 Å². The van der Waals surface area contributed by atoms with Crippen LogP contribution in [0.1, 0.15) is 60.4 Å². The predicted octanol–water partition coefficient (Wildman–Crippen LogP) is 2.04. The highest BCUT2D eigenvalue weighted by atomic mass is 16.5. The molecule has 23 heavy (non-hydrogen) atoms. The number of carbonyl (C=O) groups is 1. The van der Waals surface area contributed by atoms with Gasteiger partial charge >= 0.3 is 0 Å². The highest BCUT2D eigenvalue weighted by Gasteiger charge is 2.22. The number of rotatable bonds is 5.